The lowest BCUT2D eigenvalue weighted by molar-refractivity contribution is -0.321. The molecule has 1 spiro atoms. The van der Waals surface area contributed by atoms with Crippen LogP contribution in [0.5, 0.6) is 0 Å². The fourth-order valence-corrected chi connectivity index (χ4v) is 5.00. The molecule has 200 valence electrons. The van der Waals surface area contributed by atoms with Crippen molar-refractivity contribution in [3.8, 4) is 0 Å². The van der Waals surface area contributed by atoms with E-state index >= 15 is 0 Å². The molecule has 0 radical (unpaired) electrons. The number of carbonyl (C=O) groups is 3. The number of halogens is 3. The molecule has 0 unspecified atom stereocenters. The van der Waals surface area contributed by atoms with Crippen LogP contribution in [0.25, 0.3) is 0 Å². The molecule has 0 bridgehead atoms. The minimum Gasteiger partial charge on any atom is -0.344 e. The Kier molecular flexibility index (Phi) is 8.62. The van der Waals surface area contributed by atoms with E-state index in [1.807, 2.05) is 0 Å². The Hall–Kier alpha value is -2.71. The summed E-state index contributed by atoms with van der Waals surface area (Å²) in [6.45, 7) is 0.124. The first-order valence-corrected chi connectivity index (χ1v) is 13.0. The minimum atomic E-state index is -4.98. The summed E-state index contributed by atoms with van der Waals surface area (Å²) in [6.07, 6.45) is -2.56. The van der Waals surface area contributed by atoms with Crippen molar-refractivity contribution in [2.45, 2.75) is 57.5 Å². The van der Waals surface area contributed by atoms with Crippen LogP contribution in [0.4, 0.5) is 18.9 Å². The Morgan fingerprint density at radius 2 is 1.86 bits per heavy atom. The summed E-state index contributed by atoms with van der Waals surface area (Å²) in [6, 6.07) is 5.88. The number of para-hydroxylation sites is 1. The highest BCUT2D eigenvalue weighted by atomic mass is 32.2. The second kappa shape index (κ2) is 11.1. The quantitative estimate of drug-likeness (QED) is 0.374. The first-order valence-electron chi connectivity index (χ1n) is 11.5. The van der Waals surface area contributed by atoms with Gasteiger partial charge in [-0.05, 0) is 43.2 Å². The molecule has 14 heteroatoms. The lowest BCUT2D eigenvalue weighted by atomic mass is 10.0. The Bertz CT molecular complexity index is 1060. The van der Waals surface area contributed by atoms with Gasteiger partial charge in [-0.15, -0.1) is 13.2 Å². The molecule has 2 fully saturated rings. The molecule has 3 N–H and O–H groups in total. The predicted octanol–water partition coefficient (Wildman–Crippen LogP) is 1.70. The number of alkyl halides is 3. The molecule has 1 aromatic rings. The van der Waals surface area contributed by atoms with Gasteiger partial charge in [0.15, 0.2) is 5.78 Å². The van der Waals surface area contributed by atoms with Gasteiger partial charge in [0.2, 0.25) is 11.8 Å². The zero-order chi connectivity index (χ0) is 26.6. The van der Waals surface area contributed by atoms with Gasteiger partial charge in [-0.25, -0.2) is 0 Å². The van der Waals surface area contributed by atoms with Crippen molar-refractivity contribution in [2.75, 3.05) is 24.4 Å². The number of hydrogen-bond acceptors (Lipinski definition) is 6. The van der Waals surface area contributed by atoms with Crippen LogP contribution in [0.3, 0.4) is 0 Å². The monoisotopic (exact) mass is 534 g/mol. The number of ether oxygens (including phenoxy) is 1. The van der Waals surface area contributed by atoms with Crippen LogP contribution in [0.2, 0.25) is 0 Å². The van der Waals surface area contributed by atoms with Crippen LogP contribution < -0.4 is 14.8 Å². The summed E-state index contributed by atoms with van der Waals surface area (Å²) in [5.74, 6) is -2.23. The first-order chi connectivity index (χ1) is 16.8. The maximum absolute atomic E-state index is 13.0. The molecule has 1 aliphatic heterocycles. The third-order valence-corrected chi connectivity index (χ3v) is 7.22. The fourth-order valence-electron chi connectivity index (χ4n) is 4.17. The highest BCUT2D eigenvalue weighted by Crippen LogP contribution is 2.54. The number of amides is 2. The summed E-state index contributed by atoms with van der Waals surface area (Å²) < 4.78 is 69.6. The molecule has 2 amide bonds. The van der Waals surface area contributed by atoms with Crippen LogP contribution in [-0.4, -0.2) is 69.1 Å². The fraction of sp³-hybridized carbons (Fsp3) is 0.591. The van der Waals surface area contributed by atoms with Crippen LogP contribution in [0.1, 0.15) is 39.0 Å². The van der Waals surface area contributed by atoms with E-state index in [2.05, 4.69) is 19.5 Å². The number of anilines is 1. The SMILES string of the molecule is CCC[C@H](NC(=O)[C@@H]1CC2(CC2)CN1C(=O)CNS(=O)(=O)Nc1ccccc1)C(=O)COC(F)(F)F. The van der Waals surface area contributed by atoms with Crippen LogP contribution in [0.15, 0.2) is 30.3 Å². The standard InChI is InChI=1S/C22H29F3N4O6S/c1-2-6-16(18(30)13-35-22(23,24)25)27-20(32)17-11-21(9-10-21)14-29(17)19(31)12-26-36(33,34)28-15-7-4-3-5-8-15/h3-5,7-8,16-17,26,28H,2,6,9-14H2,1H3,(H,27,32)/t16-,17-/m0/s1. The van der Waals surface area contributed by atoms with Gasteiger partial charge in [-0.3, -0.25) is 23.8 Å². The van der Waals surface area contributed by atoms with Crippen LogP contribution >= 0.6 is 0 Å². The number of Topliss-reactive ketones (excluding diaryl/α,β-unsaturated/α-hetero) is 1. The summed E-state index contributed by atoms with van der Waals surface area (Å²) in [7, 11) is -4.06. The predicted molar refractivity (Wildman–Crippen MR) is 123 cm³/mol. The molecular formula is C22H29F3N4O6S. The van der Waals surface area contributed by atoms with Gasteiger partial charge in [0.25, 0.3) is 10.2 Å². The topological polar surface area (TPSA) is 134 Å². The third kappa shape index (κ3) is 7.90. The smallest absolute Gasteiger partial charge is 0.344 e. The largest absolute Gasteiger partial charge is 0.522 e. The Morgan fingerprint density at radius 3 is 2.44 bits per heavy atom. The molecule has 1 aromatic carbocycles. The van der Waals surface area contributed by atoms with E-state index in [4.69, 9.17) is 0 Å². The lowest BCUT2D eigenvalue weighted by Gasteiger charge is -2.26. The van der Waals surface area contributed by atoms with Gasteiger partial charge in [0, 0.05) is 12.2 Å². The van der Waals surface area contributed by atoms with Crippen molar-refractivity contribution in [1.82, 2.24) is 14.9 Å². The van der Waals surface area contributed by atoms with Gasteiger partial charge in [0.1, 0.15) is 12.6 Å². The molecule has 1 saturated carbocycles. The van der Waals surface area contributed by atoms with Gasteiger partial charge >= 0.3 is 6.36 Å². The van der Waals surface area contributed by atoms with Crippen molar-refractivity contribution in [3.05, 3.63) is 30.3 Å². The maximum Gasteiger partial charge on any atom is 0.522 e. The molecule has 2 aliphatic rings. The highest BCUT2D eigenvalue weighted by Gasteiger charge is 2.55. The average Bonchev–Trinajstić information content (AvgIpc) is 3.45. The molecule has 1 saturated heterocycles. The van der Waals surface area contributed by atoms with E-state index < -0.39 is 59.4 Å². The summed E-state index contributed by atoms with van der Waals surface area (Å²) in [4.78, 5) is 39.5. The molecule has 3 rings (SSSR count). The van der Waals surface area contributed by atoms with Crippen molar-refractivity contribution in [2.24, 2.45) is 5.41 Å². The Morgan fingerprint density at radius 1 is 1.19 bits per heavy atom. The van der Waals surface area contributed by atoms with Crippen molar-refractivity contribution in [3.63, 3.8) is 0 Å². The maximum atomic E-state index is 13.0. The molecule has 0 aromatic heterocycles. The zero-order valence-electron chi connectivity index (χ0n) is 19.6. The second-order valence-electron chi connectivity index (χ2n) is 9.08. The summed E-state index contributed by atoms with van der Waals surface area (Å²) in [5.41, 5.74) is 0.0524. The molecule has 10 nitrogen and oxygen atoms in total. The van der Waals surface area contributed by atoms with E-state index in [0.29, 0.717) is 18.5 Å². The number of carbonyl (C=O) groups excluding carboxylic acids is 3. The van der Waals surface area contributed by atoms with Crippen molar-refractivity contribution >= 4 is 33.5 Å². The lowest BCUT2D eigenvalue weighted by Crippen LogP contribution is -2.53. The number of nitrogens with one attached hydrogen (secondary N) is 3. The number of hydrogen-bond donors (Lipinski definition) is 3. The molecular weight excluding hydrogens is 505 g/mol. The van der Waals surface area contributed by atoms with Gasteiger partial charge < -0.3 is 10.2 Å². The third-order valence-electron chi connectivity index (χ3n) is 6.19. The molecule has 1 aliphatic carbocycles. The Balaban J connectivity index is 1.62. The average molecular weight is 535 g/mol. The normalized spacial score (nSPS) is 19.7. The number of rotatable bonds is 12. The van der Waals surface area contributed by atoms with Gasteiger partial charge in [-0.2, -0.15) is 13.1 Å². The van der Waals surface area contributed by atoms with Crippen LogP contribution in [-0.2, 0) is 29.3 Å². The van der Waals surface area contributed by atoms with Crippen molar-refractivity contribution in [1.29, 1.82) is 0 Å². The van der Waals surface area contributed by atoms with Crippen LogP contribution in [0, 0.1) is 5.41 Å². The highest BCUT2D eigenvalue weighted by molar-refractivity contribution is 7.90. The van der Waals surface area contributed by atoms with Gasteiger partial charge in [-0.1, -0.05) is 31.5 Å². The number of ketones is 1. The molecule has 1 heterocycles. The number of nitrogens with zero attached hydrogens (tertiary/aromatic N) is 1. The number of likely N-dealkylation sites (tertiary alicyclic amines) is 1. The Labute approximate surface area is 207 Å². The molecule has 36 heavy (non-hydrogen) atoms. The van der Waals surface area contributed by atoms with Crippen molar-refractivity contribution < 1.29 is 40.7 Å². The van der Waals surface area contributed by atoms with E-state index in [1.165, 1.54) is 17.0 Å². The number of benzene rings is 1. The van der Waals surface area contributed by atoms with Gasteiger partial charge in [0.05, 0.1) is 12.6 Å². The van der Waals surface area contributed by atoms with E-state index in [1.54, 1.807) is 25.1 Å². The summed E-state index contributed by atoms with van der Waals surface area (Å²) in [5, 5.41) is 2.47. The van der Waals surface area contributed by atoms with E-state index in [9.17, 15) is 36.0 Å². The van der Waals surface area contributed by atoms with E-state index in [0.717, 1.165) is 12.8 Å². The summed E-state index contributed by atoms with van der Waals surface area (Å²) >= 11 is 0. The van der Waals surface area contributed by atoms with E-state index in [-0.39, 0.29) is 18.4 Å². The molecule has 2 atom stereocenters. The minimum absolute atomic E-state index is 0.0998. The first kappa shape index (κ1) is 27.9. The second-order valence-corrected chi connectivity index (χ2v) is 10.6. The zero-order valence-corrected chi connectivity index (χ0v) is 20.5.